The fourth-order valence-corrected chi connectivity index (χ4v) is 3.00. The molecule has 0 saturated carbocycles. The van der Waals surface area contributed by atoms with Crippen LogP contribution in [0.25, 0.3) is 17.0 Å². The van der Waals surface area contributed by atoms with Crippen molar-refractivity contribution in [2.75, 3.05) is 0 Å². The summed E-state index contributed by atoms with van der Waals surface area (Å²) in [4.78, 5) is 9.08. The lowest BCUT2D eigenvalue weighted by Gasteiger charge is -1.97. The third-order valence-corrected chi connectivity index (χ3v) is 3.79. The maximum Gasteiger partial charge on any atom is 0.140 e. The van der Waals surface area contributed by atoms with E-state index in [2.05, 4.69) is 38.9 Å². The largest absolute Gasteiger partial charge is 0.305 e. The summed E-state index contributed by atoms with van der Waals surface area (Å²) in [6, 6.07) is 2.07. The van der Waals surface area contributed by atoms with Crippen molar-refractivity contribution >= 4 is 32.9 Å². The number of nitrogens with zero attached hydrogens (tertiary/aromatic N) is 3. The van der Waals surface area contributed by atoms with Gasteiger partial charge in [0.05, 0.1) is 5.01 Å². The first-order chi connectivity index (χ1) is 8.13. The van der Waals surface area contributed by atoms with Gasteiger partial charge in [0.1, 0.15) is 17.0 Å². The van der Waals surface area contributed by atoms with Gasteiger partial charge >= 0.3 is 0 Å². The molecule has 0 aliphatic rings. The Morgan fingerprint density at radius 2 is 2.00 bits per heavy atom. The Hall–Kier alpha value is -1.20. The lowest BCUT2D eigenvalue weighted by atomic mass is 10.3. The summed E-state index contributed by atoms with van der Waals surface area (Å²) in [6.45, 7) is 4.06. The average Bonchev–Trinajstić information content (AvgIpc) is 2.83. The second kappa shape index (κ2) is 3.92. The van der Waals surface area contributed by atoms with Crippen LogP contribution >= 0.6 is 27.3 Å². The molecule has 86 valence electrons. The molecule has 3 aromatic heterocycles. The molecule has 0 spiro atoms. The fourth-order valence-electron chi connectivity index (χ4n) is 1.83. The molecule has 0 bridgehead atoms. The lowest BCUT2D eigenvalue weighted by Crippen LogP contribution is -1.86. The van der Waals surface area contributed by atoms with Crippen molar-refractivity contribution in [3.05, 3.63) is 38.9 Å². The zero-order valence-electron chi connectivity index (χ0n) is 9.44. The third-order valence-electron chi connectivity index (χ3n) is 2.58. The molecule has 3 nitrogen and oxygen atoms in total. The van der Waals surface area contributed by atoms with Crippen molar-refractivity contribution in [3.63, 3.8) is 0 Å². The van der Waals surface area contributed by atoms with Gasteiger partial charge in [0.15, 0.2) is 0 Å². The van der Waals surface area contributed by atoms with Gasteiger partial charge in [-0.15, -0.1) is 11.3 Å². The molecule has 17 heavy (non-hydrogen) atoms. The Labute approximate surface area is 111 Å². The second-order valence-electron chi connectivity index (χ2n) is 3.95. The molecule has 0 aliphatic carbocycles. The first kappa shape index (κ1) is 10.9. The number of imidazole rings is 1. The number of aromatic nitrogens is 3. The number of pyridine rings is 1. The highest BCUT2D eigenvalue weighted by Gasteiger charge is 2.09. The summed E-state index contributed by atoms with van der Waals surface area (Å²) >= 11 is 5.14. The summed E-state index contributed by atoms with van der Waals surface area (Å²) < 4.78 is 3.09. The van der Waals surface area contributed by atoms with Crippen molar-refractivity contribution in [3.8, 4) is 11.4 Å². The molecule has 3 aromatic rings. The van der Waals surface area contributed by atoms with Crippen molar-refractivity contribution < 1.29 is 0 Å². The smallest absolute Gasteiger partial charge is 0.140 e. The monoisotopic (exact) mass is 307 g/mol. The number of thiazole rings is 1. The first-order valence-electron chi connectivity index (χ1n) is 5.21. The van der Waals surface area contributed by atoms with Gasteiger partial charge < -0.3 is 4.40 Å². The molecule has 0 aliphatic heterocycles. The highest BCUT2D eigenvalue weighted by atomic mass is 79.9. The van der Waals surface area contributed by atoms with E-state index >= 15 is 0 Å². The number of halogens is 1. The van der Waals surface area contributed by atoms with E-state index in [-0.39, 0.29) is 0 Å². The number of fused-ring (bicyclic) bond motifs is 1. The minimum atomic E-state index is 0.926. The topological polar surface area (TPSA) is 30.2 Å². The van der Waals surface area contributed by atoms with Crippen molar-refractivity contribution in [1.29, 1.82) is 0 Å². The molecule has 3 heterocycles. The Balaban J connectivity index is 2.23. The van der Waals surface area contributed by atoms with Crippen molar-refractivity contribution in [2.45, 2.75) is 13.8 Å². The van der Waals surface area contributed by atoms with E-state index in [1.807, 2.05) is 29.1 Å². The van der Waals surface area contributed by atoms with Gasteiger partial charge in [0, 0.05) is 22.2 Å². The van der Waals surface area contributed by atoms with E-state index in [9.17, 15) is 0 Å². The van der Waals surface area contributed by atoms with Crippen LogP contribution in [0.2, 0.25) is 0 Å². The molecule has 0 radical (unpaired) electrons. The molecular weight excluding hydrogens is 298 g/mol. The van der Waals surface area contributed by atoms with E-state index in [0.29, 0.717) is 0 Å². The molecule has 0 unspecified atom stereocenters. The molecule has 3 rings (SSSR count). The SMILES string of the molecule is Cc1nc(-c2cn3cc(Br)cc(C)c3n2)cs1. The van der Waals surface area contributed by atoms with Crippen molar-refractivity contribution in [1.82, 2.24) is 14.4 Å². The Bertz CT molecular complexity index is 699. The van der Waals surface area contributed by atoms with Crippen LogP contribution in [0, 0.1) is 13.8 Å². The standard InChI is InChI=1S/C12H10BrN3S/c1-7-3-9(13)4-16-5-10(15-12(7)16)11-6-17-8(2)14-11/h3-6H,1-2H3. The molecule has 0 amide bonds. The van der Waals surface area contributed by atoms with Gasteiger partial charge in [-0.25, -0.2) is 9.97 Å². The summed E-state index contributed by atoms with van der Waals surface area (Å²) in [5, 5.41) is 3.11. The molecule has 0 aromatic carbocycles. The predicted octanol–water partition coefficient (Wildman–Crippen LogP) is 3.84. The number of aryl methyl sites for hydroxylation is 2. The maximum atomic E-state index is 4.62. The van der Waals surface area contributed by atoms with Crippen LogP contribution < -0.4 is 0 Å². The number of hydrogen-bond donors (Lipinski definition) is 0. The molecule has 0 N–H and O–H groups in total. The Kier molecular flexibility index (Phi) is 2.52. The van der Waals surface area contributed by atoms with Crippen LogP contribution in [0.4, 0.5) is 0 Å². The Morgan fingerprint density at radius 1 is 1.18 bits per heavy atom. The van der Waals surface area contributed by atoms with Crippen LogP contribution in [-0.2, 0) is 0 Å². The van der Waals surface area contributed by atoms with E-state index in [1.165, 1.54) is 0 Å². The van der Waals surface area contributed by atoms with Crippen LogP contribution in [-0.4, -0.2) is 14.4 Å². The fraction of sp³-hybridized carbons (Fsp3) is 0.167. The average molecular weight is 308 g/mol. The molecule has 0 atom stereocenters. The molecular formula is C12H10BrN3S. The zero-order valence-corrected chi connectivity index (χ0v) is 11.8. The van der Waals surface area contributed by atoms with Crippen LogP contribution in [0.15, 0.2) is 28.3 Å². The quantitative estimate of drug-likeness (QED) is 0.684. The lowest BCUT2D eigenvalue weighted by molar-refractivity contribution is 1.15. The third kappa shape index (κ3) is 1.89. The van der Waals surface area contributed by atoms with Gasteiger partial charge in [0.25, 0.3) is 0 Å². The molecule has 5 heteroatoms. The first-order valence-corrected chi connectivity index (χ1v) is 6.88. The molecule has 0 fully saturated rings. The van der Waals surface area contributed by atoms with Crippen LogP contribution in [0.3, 0.4) is 0 Å². The van der Waals surface area contributed by atoms with E-state index < -0.39 is 0 Å². The molecule has 0 saturated heterocycles. The predicted molar refractivity (Wildman–Crippen MR) is 73.5 cm³/mol. The van der Waals surface area contributed by atoms with Crippen LogP contribution in [0.5, 0.6) is 0 Å². The van der Waals surface area contributed by atoms with Crippen molar-refractivity contribution in [2.24, 2.45) is 0 Å². The van der Waals surface area contributed by atoms with Gasteiger partial charge in [-0.05, 0) is 41.4 Å². The van der Waals surface area contributed by atoms with E-state index in [1.54, 1.807) is 11.3 Å². The van der Waals surface area contributed by atoms with Crippen LogP contribution in [0.1, 0.15) is 10.6 Å². The number of hydrogen-bond acceptors (Lipinski definition) is 3. The minimum Gasteiger partial charge on any atom is -0.305 e. The summed E-state index contributed by atoms with van der Waals surface area (Å²) in [6.07, 6.45) is 4.03. The number of rotatable bonds is 1. The second-order valence-corrected chi connectivity index (χ2v) is 5.93. The highest BCUT2D eigenvalue weighted by molar-refractivity contribution is 9.10. The van der Waals surface area contributed by atoms with E-state index in [4.69, 9.17) is 0 Å². The minimum absolute atomic E-state index is 0.926. The normalized spacial score (nSPS) is 11.2. The summed E-state index contributed by atoms with van der Waals surface area (Å²) in [5.74, 6) is 0. The summed E-state index contributed by atoms with van der Waals surface area (Å²) in [7, 11) is 0. The van der Waals surface area contributed by atoms with Gasteiger partial charge in [-0.2, -0.15) is 0 Å². The Morgan fingerprint density at radius 3 is 2.71 bits per heavy atom. The van der Waals surface area contributed by atoms with Gasteiger partial charge in [0.2, 0.25) is 0 Å². The van der Waals surface area contributed by atoms with E-state index in [0.717, 1.165) is 32.1 Å². The van der Waals surface area contributed by atoms with Gasteiger partial charge in [-0.1, -0.05) is 0 Å². The maximum absolute atomic E-state index is 4.62. The summed E-state index contributed by atoms with van der Waals surface area (Å²) in [5.41, 5.74) is 4.01. The zero-order chi connectivity index (χ0) is 12.0. The highest BCUT2D eigenvalue weighted by Crippen LogP contribution is 2.24. The van der Waals surface area contributed by atoms with Gasteiger partial charge in [-0.3, -0.25) is 0 Å².